The maximum atomic E-state index is 13.8. The fourth-order valence-corrected chi connectivity index (χ4v) is 3.50. The molecule has 0 spiro atoms. The first kappa shape index (κ1) is 26.1. The summed E-state index contributed by atoms with van der Waals surface area (Å²) in [6, 6.07) is 5.57. The molecule has 0 aliphatic rings. The number of alkyl halides is 3. The molecule has 5 nitrogen and oxygen atoms in total. The van der Waals surface area contributed by atoms with E-state index in [1.807, 2.05) is 0 Å². The van der Waals surface area contributed by atoms with Crippen LogP contribution in [0.5, 0.6) is 5.75 Å². The van der Waals surface area contributed by atoms with E-state index >= 15 is 0 Å². The molecule has 32 heavy (non-hydrogen) atoms. The summed E-state index contributed by atoms with van der Waals surface area (Å²) in [6.45, 7) is 3.25. The predicted molar refractivity (Wildman–Crippen MR) is 120 cm³/mol. The molecule has 3 rings (SSSR count). The monoisotopic (exact) mass is 537 g/mol. The fourth-order valence-electron chi connectivity index (χ4n) is 3.16. The number of rotatable bonds is 6. The first-order chi connectivity index (χ1) is 14.5. The van der Waals surface area contributed by atoms with Crippen molar-refractivity contribution in [1.29, 1.82) is 0 Å². The van der Waals surface area contributed by atoms with Crippen molar-refractivity contribution in [2.45, 2.75) is 38.4 Å². The van der Waals surface area contributed by atoms with E-state index in [2.05, 4.69) is 25.9 Å². The lowest BCUT2D eigenvalue weighted by molar-refractivity contribution is -0.139. The van der Waals surface area contributed by atoms with Gasteiger partial charge in [0.15, 0.2) is 0 Å². The van der Waals surface area contributed by atoms with Gasteiger partial charge in [-0.25, -0.2) is 9.37 Å². The van der Waals surface area contributed by atoms with E-state index in [4.69, 9.17) is 10.5 Å². The average Bonchev–Trinajstić information content (AvgIpc) is 2.68. The lowest BCUT2D eigenvalue weighted by atomic mass is 10.0. The second kappa shape index (κ2) is 10.2. The van der Waals surface area contributed by atoms with Crippen LogP contribution >= 0.6 is 28.3 Å². The molecule has 174 valence electrons. The zero-order valence-electron chi connectivity index (χ0n) is 17.1. The Morgan fingerprint density at radius 3 is 2.56 bits per heavy atom. The highest BCUT2D eigenvalue weighted by Crippen LogP contribution is 2.40. The Balaban J connectivity index is 0.00000363. The largest absolute Gasteiger partial charge is 0.493 e. The zero-order chi connectivity index (χ0) is 22.9. The van der Waals surface area contributed by atoms with Gasteiger partial charge in [-0.2, -0.15) is 13.2 Å². The van der Waals surface area contributed by atoms with Gasteiger partial charge in [0.1, 0.15) is 17.4 Å². The lowest BCUT2D eigenvalue weighted by Crippen LogP contribution is -2.17. The van der Waals surface area contributed by atoms with Crippen molar-refractivity contribution in [2.24, 2.45) is 5.73 Å². The number of fused-ring (bicyclic) bond motifs is 1. The maximum Gasteiger partial charge on any atom is 0.419 e. The van der Waals surface area contributed by atoms with Crippen molar-refractivity contribution in [1.82, 2.24) is 9.97 Å². The molecular weight excluding hydrogens is 518 g/mol. The third-order valence-corrected chi connectivity index (χ3v) is 5.48. The van der Waals surface area contributed by atoms with Gasteiger partial charge < -0.3 is 15.5 Å². The van der Waals surface area contributed by atoms with Crippen LogP contribution in [0.4, 0.5) is 17.6 Å². The second-order valence-corrected chi connectivity index (χ2v) is 8.14. The molecule has 0 unspecified atom stereocenters. The number of ether oxygens (including phenoxy) is 1. The van der Waals surface area contributed by atoms with Crippen LogP contribution in [0.1, 0.15) is 49.2 Å². The number of nitrogens with one attached hydrogen (secondary N) is 1. The van der Waals surface area contributed by atoms with E-state index < -0.39 is 29.2 Å². The Bertz CT molecular complexity index is 1170. The topological polar surface area (TPSA) is 81.0 Å². The van der Waals surface area contributed by atoms with E-state index in [1.54, 1.807) is 13.8 Å². The van der Waals surface area contributed by atoms with Crippen LogP contribution in [0.3, 0.4) is 0 Å². The summed E-state index contributed by atoms with van der Waals surface area (Å²) in [7, 11) is 0. The van der Waals surface area contributed by atoms with Crippen LogP contribution in [0.25, 0.3) is 10.9 Å². The zero-order valence-corrected chi connectivity index (χ0v) is 19.5. The molecule has 0 radical (unpaired) electrons. The molecule has 1 heterocycles. The SMILES string of the molecule is C[C@H](CCOc1c([C@@H](C)N)cccc1C(F)(F)F)c1nc2cc(F)c(Br)cc2c(=O)[nH]1.Cl. The summed E-state index contributed by atoms with van der Waals surface area (Å²) in [6.07, 6.45) is -4.33. The van der Waals surface area contributed by atoms with E-state index in [0.717, 1.165) is 12.1 Å². The Morgan fingerprint density at radius 1 is 1.25 bits per heavy atom. The number of nitrogens with two attached hydrogens (primary N) is 1. The third-order valence-electron chi connectivity index (χ3n) is 4.87. The summed E-state index contributed by atoms with van der Waals surface area (Å²) in [5, 5.41) is 0.223. The van der Waals surface area contributed by atoms with Crippen molar-refractivity contribution in [3.05, 3.63) is 67.9 Å². The molecule has 1 aromatic heterocycles. The molecule has 0 saturated heterocycles. The normalized spacial score (nSPS) is 13.5. The van der Waals surface area contributed by atoms with E-state index in [1.165, 1.54) is 18.2 Å². The van der Waals surface area contributed by atoms with Crippen molar-refractivity contribution in [2.75, 3.05) is 6.61 Å². The van der Waals surface area contributed by atoms with Gasteiger partial charge in [-0.15, -0.1) is 12.4 Å². The summed E-state index contributed by atoms with van der Waals surface area (Å²) in [5.74, 6) is -0.927. The molecule has 0 saturated carbocycles. The average molecular weight is 539 g/mol. The van der Waals surface area contributed by atoms with Gasteiger partial charge in [-0.1, -0.05) is 19.1 Å². The van der Waals surface area contributed by atoms with Crippen LogP contribution in [-0.2, 0) is 6.18 Å². The minimum absolute atomic E-state index is 0. The standard InChI is InChI=1S/C21H20BrF4N3O2.ClH/c1-10(19-28-17-9-16(23)15(22)8-13(17)20(30)29-19)6-7-31-18-12(11(2)27)4-3-5-14(18)21(24,25)26;/h3-5,8-11H,6-7,27H2,1-2H3,(H,28,29,30);1H/t10-,11-;/m1./s1. The van der Waals surface area contributed by atoms with Crippen LogP contribution in [0.2, 0.25) is 0 Å². The highest BCUT2D eigenvalue weighted by Gasteiger charge is 2.35. The third kappa shape index (κ3) is 5.60. The minimum Gasteiger partial charge on any atom is -0.493 e. The molecule has 3 N–H and O–H groups in total. The summed E-state index contributed by atoms with van der Waals surface area (Å²) >= 11 is 3.03. The predicted octanol–water partition coefficient (Wildman–Crippen LogP) is 5.86. The molecule has 2 atom stereocenters. The van der Waals surface area contributed by atoms with Gasteiger partial charge in [0.05, 0.1) is 27.5 Å². The summed E-state index contributed by atoms with van der Waals surface area (Å²) in [4.78, 5) is 19.3. The molecule has 0 amide bonds. The fraction of sp³-hybridized carbons (Fsp3) is 0.333. The van der Waals surface area contributed by atoms with Crippen molar-refractivity contribution >= 4 is 39.2 Å². The molecule has 0 aliphatic carbocycles. The van der Waals surface area contributed by atoms with Gasteiger partial charge in [0, 0.05) is 23.6 Å². The van der Waals surface area contributed by atoms with E-state index in [9.17, 15) is 22.4 Å². The van der Waals surface area contributed by atoms with E-state index in [-0.39, 0.29) is 58.0 Å². The number of nitrogens with zero attached hydrogens (tertiary/aromatic N) is 1. The van der Waals surface area contributed by atoms with Crippen molar-refractivity contribution < 1.29 is 22.3 Å². The first-order valence-corrected chi connectivity index (χ1v) is 10.3. The Labute approximate surface area is 195 Å². The molecule has 0 fully saturated rings. The maximum absolute atomic E-state index is 13.8. The highest BCUT2D eigenvalue weighted by atomic mass is 79.9. The molecule has 3 aromatic rings. The number of hydrogen-bond acceptors (Lipinski definition) is 4. The Morgan fingerprint density at radius 2 is 1.94 bits per heavy atom. The molecule has 0 bridgehead atoms. The van der Waals surface area contributed by atoms with Crippen LogP contribution in [0.15, 0.2) is 39.6 Å². The summed E-state index contributed by atoms with van der Waals surface area (Å²) in [5.41, 5.74) is 4.92. The Kier molecular flexibility index (Phi) is 8.30. The number of aromatic amines is 1. The quantitative estimate of drug-likeness (QED) is 0.385. The van der Waals surface area contributed by atoms with Crippen LogP contribution < -0.4 is 16.0 Å². The molecule has 0 aliphatic heterocycles. The van der Waals surface area contributed by atoms with Gasteiger partial charge >= 0.3 is 6.18 Å². The number of halogens is 6. The number of para-hydroxylation sites is 1. The Hall–Kier alpha value is -2.17. The van der Waals surface area contributed by atoms with E-state index in [0.29, 0.717) is 5.82 Å². The number of aromatic nitrogens is 2. The first-order valence-electron chi connectivity index (χ1n) is 9.46. The van der Waals surface area contributed by atoms with Crippen LogP contribution in [0, 0.1) is 5.82 Å². The van der Waals surface area contributed by atoms with Gasteiger partial charge in [-0.3, -0.25) is 4.79 Å². The van der Waals surface area contributed by atoms with Gasteiger partial charge in [0.25, 0.3) is 5.56 Å². The lowest BCUT2D eigenvalue weighted by Gasteiger charge is -2.20. The van der Waals surface area contributed by atoms with Crippen molar-refractivity contribution in [3.63, 3.8) is 0 Å². The summed E-state index contributed by atoms with van der Waals surface area (Å²) < 4.78 is 59.7. The minimum atomic E-state index is -4.59. The molecular formula is C21H21BrClF4N3O2. The van der Waals surface area contributed by atoms with Gasteiger partial charge in [0.2, 0.25) is 0 Å². The van der Waals surface area contributed by atoms with Gasteiger partial charge in [-0.05, 0) is 41.4 Å². The smallest absolute Gasteiger partial charge is 0.419 e. The number of benzene rings is 2. The molecule has 2 aromatic carbocycles. The molecule has 11 heteroatoms. The second-order valence-electron chi connectivity index (χ2n) is 7.28. The van der Waals surface area contributed by atoms with Crippen LogP contribution in [-0.4, -0.2) is 16.6 Å². The number of hydrogen-bond donors (Lipinski definition) is 2. The highest BCUT2D eigenvalue weighted by molar-refractivity contribution is 9.10. The number of H-pyrrole nitrogens is 1. The van der Waals surface area contributed by atoms with Crippen molar-refractivity contribution in [3.8, 4) is 5.75 Å².